The van der Waals surface area contributed by atoms with Crippen LogP contribution in [-0.2, 0) is 0 Å². The fourth-order valence-corrected chi connectivity index (χ4v) is 2.35. The van der Waals surface area contributed by atoms with E-state index in [9.17, 15) is 0 Å². The fourth-order valence-electron chi connectivity index (χ4n) is 2.35. The van der Waals surface area contributed by atoms with Crippen LogP contribution >= 0.6 is 0 Å². The minimum atomic E-state index is 0.822. The molecule has 0 radical (unpaired) electrons. The maximum Gasteiger partial charge on any atom is 0.0956 e. The molecule has 0 saturated carbocycles. The van der Waals surface area contributed by atoms with Crippen molar-refractivity contribution in [1.82, 2.24) is 4.98 Å². The summed E-state index contributed by atoms with van der Waals surface area (Å²) in [4.78, 5) is 6.86. The molecular weight excluding hydrogens is 222 g/mol. The highest BCUT2D eigenvalue weighted by atomic mass is 15.1. The Balaban J connectivity index is 2.55. The van der Waals surface area contributed by atoms with Gasteiger partial charge in [-0.3, -0.25) is 4.98 Å². The molecule has 0 spiro atoms. The van der Waals surface area contributed by atoms with Gasteiger partial charge in [0.15, 0.2) is 0 Å². The minimum absolute atomic E-state index is 0.822. The number of hydrogen-bond acceptors (Lipinski definition) is 3. The van der Waals surface area contributed by atoms with Gasteiger partial charge in [-0.25, -0.2) is 0 Å². The molecule has 2 rings (SSSR count). The zero-order valence-electron chi connectivity index (χ0n) is 11.2. The van der Waals surface area contributed by atoms with Gasteiger partial charge < -0.3 is 10.6 Å². The number of anilines is 2. The van der Waals surface area contributed by atoms with Crippen LogP contribution in [0.15, 0.2) is 30.5 Å². The van der Waals surface area contributed by atoms with Crippen molar-refractivity contribution in [2.75, 3.05) is 23.7 Å². The molecule has 2 N–H and O–H groups in total. The van der Waals surface area contributed by atoms with E-state index in [4.69, 9.17) is 5.73 Å². The summed E-state index contributed by atoms with van der Waals surface area (Å²) in [5.74, 6) is 0. The third kappa shape index (κ3) is 2.40. The quantitative estimate of drug-likeness (QED) is 0.818. The Kier molecular flexibility index (Phi) is 4.03. The Morgan fingerprint density at radius 1 is 1.11 bits per heavy atom. The lowest BCUT2D eigenvalue weighted by molar-refractivity contribution is 0.747. The summed E-state index contributed by atoms with van der Waals surface area (Å²) in [6.07, 6.45) is 4.06. The molecule has 18 heavy (non-hydrogen) atoms. The lowest BCUT2D eigenvalue weighted by atomic mass is 10.1. The van der Waals surface area contributed by atoms with E-state index in [1.54, 1.807) is 0 Å². The number of aromatic nitrogens is 1. The first kappa shape index (κ1) is 12.7. The highest BCUT2D eigenvalue weighted by molar-refractivity contribution is 5.97. The normalized spacial score (nSPS) is 10.8. The van der Waals surface area contributed by atoms with Crippen molar-refractivity contribution in [1.29, 1.82) is 0 Å². The molecule has 0 atom stereocenters. The van der Waals surface area contributed by atoms with E-state index in [0.29, 0.717) is 0 Å². The summed E-state index contributed by atoms with van der Waals surface area (Å²) in [7, 11) is 0. The number of rotatable bonds is 5. The monoisotopic (exact) mass is 243 g/mol. The number of pyridine rings is 1. The highest BCUT2D eigenvalue weighted by Gasteiger charge is 2.13. The first-order chi connectivity index (χ1) is 8.77. The summed E-state index contributed by atoms with van der Waals surface area (Å²) < 4.78 is 0. The maximum absolute atomic E-state index is 6.17. The van der Waals surface area contributed by atoms with Crippen molar-refractivity contribution in [3.8, 4) is 0 Å². The Morgan fingerprint density at radius 3 is 2.50 bits per heavy atom. The van der Waals surface area contributed by atoms with Gasteiger partial charge in [0.1, 0.15) is 0 Å². The summed E-state index contributed by atoms with van der Waals surface area (Å²) >= 11 is 0. The third-order valence-electron chi connectivity index (χ3n) is 3.08. The standard InChI is InChI=1S/C15H21N3/c1-3-10-18(11-4-2)15-13(16)8-7-12-6-5-9-17-14(12)15/h5-9H,3-4,10-11,16H2,1-2H3. The van der Waals surface area contributed by atoms with Crippen LogP contribution in [0.2, 0.25) is 0 Å². The van der Waals surface area contributed by atoms with E-state index in [1.165, 1.54) is 0 Å². The molecule has 0 bridgehead atoms. The molecule has 1 aromatic heterocycles. The molecule has 96 valence electrons. The van der Waals surface area contributed by atoms with Crippen LogP contribution < -0.4 is 10.6 Å². The average Bonchev–Trinajstić information content (AvgIpc) is 2.38. The van der Waals surface area contributed by atoms with Crippen molar-refractivity contribution in [2.45, 2.75) is 26.7 Å². The van der Waals surface area contributed by atoms with E-state index in [2.05, 4.69) is 29.8 Å². The Bertz CT molecular complexity index is 516. The second kappa shape index (κ2) is 5.71. The molecule has 0 fully saturated rings. The molecule has 3 heteroatoms. The van der Waals surface area contributed by atoms with E-state index in [0.717, 1.165) is 48.2 Å². The van der Waals surface area contributed by atoms with E-state index in [-0.39, 0.29) is 0 Å². The smallest absolute Gasteiger partial charge is 0.0956 e. The number of fused-ring (bicyclic) bond motifs is 1. The second-order valence-electron chi connectivity index (χ2n) is 4.57. The highest BCUT2D eigenvalue weighted by Crippen LogP contribution is 2.31. The van der Waals surface area contributed by atoms with Crippen molar-refractivity contribution in [2.24, 2.45) is 0 Å². The largest absolute Gasteiger partial charge is 0.397 e. The maximum atomic E-state index is 6.17. The first-order valence-electron chi connectivity index (χ1n) is 6.66. The van der Waals surface area contributed by atoms with Crippen LogP contribution in [0.5, 0.6) is 0 Å². The zero-order chi connectivity index (χ0) is 13.0. The zero-order valence-corrected chi connectivity index (χ0v) is 11.2. The fraction of sp³-hybridized carbons (Fsp3) is 0.400. The van der Waals surface area contributed by atoms with Crippen molar-refractivity contribution in [3.05, 3.63) is 30.5 Å². The van der Waals surface area contributed by atoms with Gasteiger partial charge in [0.25, 0.3) is 0 Å². The van der Waals surface area contributed by atoms with Gasteiger partial charge in [-0.2, -0.15) is 0 Å². The summed E-state index contributed by atoms with van der Waals surface area (Å²) in [6.45, 7) is 6.43. The second-order valence-corrected chi connectivity index (χ2v) is 4.57. The van der Waals surface area contributed by atoms with Crippen LogP contribution in [0.3, 0.4) is 0 Å². The lowest BCUT2D eigenvalue weighted by Gasteiger charge is -2.26. The van der Waals surface area contributed by atoms with Crippen LogP contribution in [0.1, 0.15) is 26.7 Å². The van der Waals surface area contributed by atoms with E-state index in [1.807, 2.05) is 24.4 Å². The lowest BCUT2D eigenvalue weighted by Crippen LogP contribution is -2.26. The topological polar surface area (TPSA) is 42.1 Å². The van der Waals surface area contributed by atoms with Crippen LogP contribution in [0.25, 0.3) is 10.9 Å². The Labute approximate surface area is 109 Å². The first-order valence-corrected chi connectivity index (χ1v) is 6.66. The van der Waals surface area contributed by atoms with Crippen LogP contribution in [0.4, 0.5) is 11.4 Å². The summed E-state index contributed by atoms with van der Waals surface area (Å²) in [5, 5.41) is 1.15. The molecular formula is C15H21N3. The SMILES string of the molecule is CCCN(CCC)c1c(N)ccc2cccnc12. The third-order valence-corrected chi connectivity index (χ3v) is 3.08. The Morgan fingerprint density at radius 2 is 1.83 bits per heavy atom. The molecule has 0 saturated heterocycles. The minimum Gasteiger partial charge on any atom is -0.397 e. The molecule has 1 heterocycles. The molecule has 0 amide bonds. The van der Waals surface area contributed by atoms with Crippen molar-refractivity contribution in [3.63, 3.8) is 0 Å². The van der Waals surface area contributed by atoms with Gasteiger partial charge in [-0.1, -0.05) is 26.0 Å². The molecule has 0 aliphatic carbocycles. The molecule has 0 unspecified atom stereocenters. The molecule has 0 aliphatic rings. The van der Waals surface area contributed by atoms with Gasteiger partial charge in [-0.05, 0) is 25.0 Å². The predicted molar refractivity (Wildman–Crippen MR) is 79.0 cm³/mol. The molecule has 3 nitrogen and oxygen atoms in total. The van der Waals surface area contributed by atoms with Gasteiger partial charge in [-0.15, -0.1) is 0 Å². The van der Waals surface area contributed by atoms with Crippen molar-refractivity contribution < 1.29 is 0 Å². The summed E-state index contributed by atoms with van der Waals surface area (Å²) in [6, 6.07) is 8.07. The number of nitrogens with two attached hydrogens (primary N) is 1. The number of hydrogen-bond donors (Lipinski definition) is 1. The van der Waals surface area contributed by atoms with Gasteiger partial charge in [0.05, 0.1) is 16.9 Å². The number of benzene rings is 1. The van der Waals surface area contributed by atoms with Gasteiger partial charge in [0.2, 0.25) is 0 Å². The molecule has 1 aromatic carbocycles. The molecule has 2 aromatic rings. The molecule has 0 aliphatic heterocycles. The number of nitrogen functional groups attached to an aromatic ring is 1. The van der Waals surface area contributed by atoms with Gasteiger partial charge in [0, 0.05) is 24.7 Å². The van der Waals surface area contributed by atoms with E-state index >= 15 is 0 Å². The van der Waals surface area contributed by atoms with Crippen LogP contribution in [0, 0.1) is 0 Å². The van der Waals surface area contributed by atoms with Gasteiger partial charge >= 0.3 is 0 Å². The number of nitrogens with zero attached hydrogens (tertiary/aromatic N) is 2. The average molecular weight is 243 g/mol. The Hall–Kier alpha value is -1.77. The van der Waals surface area contributed by atoms with Crippen molar-refractivity contribution >= 4 is 22.3 Å². The predicted octanol–water partition coefficient (Wildman–Crippen LogP) is 3.44. The van der Waals surface area contributed by atoms with E-state index < -0.39 is 0 Å². The summed E-state index contributed by atoms with van der Waals surface area (Å²) in [5.41, 5.74) is 9.10. The van der Waals surface area contributed by atoms with Crippen LogP contribution in [-0.4, -0.2) is 18.1 Å².